The van der Waals surface area contributed by atoms with Gasteiger partial charge in [-0.25, -0.2) is 14.6 Å². The fraction of sp³-hybridized carbons (Fsp3) is 0.290. The van der Waals surface area contributed by atoms with Crippen LogP contribution in [0.1, 0.15) is 54.1 Å². The van der Waals surface area contributed by atoms with E-state index < -0.39 is 35.6 Å². The molecule has 2 aromatic heterocycles. The number of furan rings is 1. The third kappa shape index (κ3) is 5.19. The lowest BCUT2D eigenvalue weighted by Crippen LogP contribution is -2.95. The van der Waals surface area contributed by atoms with Crippen LogP contribution in [0, 0.1) is 0 Å². The maximum absolute atomic E-state index is 13.3. The van der Waals surface area contributed by atoms with Crippen molar-refractivity contribution in [1.82, 2.24) is 9.55 Å². The lowest BCUT2D eigenvalue weighted by Gasteiger charge is -2.25. The summed E-state index contributed by atoms with van der Waals surface area (Å²) < 4.78 is 7.57. The Balaban J connectivity index is 1.19. The van der Waals surface area contributed by atoms with Crippen LogP contribution in [-0.4, -0.2) is 54.7 Å². The van der Waals surface area contributed by atoms with E-state index in [1.165, 1.54) is 11.7 Å². The molecule has 2 aliphatic rings. The molecule has 0 bridgehead atoms. The molecule has 11 nitrogen and oxygen atoms in total. The molecule has 2 aromatic carbocycles. The number of aliphatic hydroxyl groups excluding tert-OH is 2. The van der Waals surface area contributed by atoms with Crippen LogP contribution < -0.4 is 10.6 Å². The maximum Gasteiger partial charge on any atom is 0.363 e. The molecule has 2 aliphatic carbocycles. The third-order valence-electron chi connectivity index (χ3n) is 8.06. The molecule has 1 amide bonds. The molecular weight excluding hydrogens is 540 g/mol. The van der Waals surface area contributed by atoms with E-state index in [-0.39, 0.29) is 12.1 Å². The number of amides is 1. The van der Waals surface area contributed by atoms with Gasteiger partial charge in [0.15, 0.2) is 17.9 Å². The van der Waals surface area contributed by atoms with E-state index in [1.54, 1.807) is 48.9 Å². The first-order valence-electron chi connectivity index (χ1n) is 14.0. The average Bonchev–Trinajstić information content (AvgIpc) is 3.68. The van der Waals surface area contributed by atoms with Gasteiger partial charge in [-0.2, -0.15) is 0 Å². The number of aliphatic carboxylic acids is 1. The summed E-state index contributed by atoms with van der Waals surface area (Å²) in [4.78, 5) is 41.5. The molecule has 42 heavy (non-hydrogen) atoms. The van der Waals surface area contributed by atoms with Crippen molar-refractivity contribution >= 4 is 34.4 Å². The predicted molar refractivity (Wildman–Crippen MR) is 152 cm³/mol. The second-order valence-electron chi connectivity index (χ2n) is 10.8. The van der Waals surface area contributed by atoms with Crippen LogP contribution in [-0.2, 0) is 16.0 Å². The Kier molecular flexibility index (Phi) is 7.36. The van der Waals surface area contributed by atoms with E-state index in [4.69, 9.17) is 9.40 Å². The van der Waals surface area contributed by atoms with Crippen LogP contribution >= 0.6 is 0 Å². The second kappa shape index (κ2) is 11.3. The fourth-order valence-corrected chi connectivity index (χ4v) is 5.76. The number of carboxylic acid groups (broad SMARTS) is 1. The number of hydrogen-bond acceptors (Lipinski definition) is 8. The number of nitrogens with one attached hydrogen (secondary N) is 1. The molecule has 0 saturated heterocycles. The molecule has 216 valence electrons. The van der Waals surface area contributed by atoms with Gasteiger partial charge in [0.05, 0.1) is 34.1 Å². The molecule has 11 heteroatoms. The summed E-state index contributed by atoms with van der Waals surface area (Å²) in [5.41, 5.74) is 4.04. The Labute approximate surface area is 240 Å². The minimum Gasteiger partial charge on any atom is -0.503 e. The lowest BCUT2D eigenvalue weighted by atomic mass is 9.95. The van der Waals surface area contributed by atoms with Gasteiger partial charge in [0.25, 0.3) is 0 Å². The van der Waals surface area contributed by atoms with E-state index >= 15 is 0 Å². The molecule has 0 radical (unpaired) electrons. The molecule has 0 aliphatic heterocycles. The van der Waals surface area contributed by atoms with E-state index in [1.807, 2.05) is 12.1 Å². The van der Waals surface area contributed by atoms with Crippen LogP contribution in [0.15, 0.2) is 76.9 Å². The summed E-state index contributed by atoms with van der Waals surface area (Å²) >= 11 is 0. The summed E-state index contributed by atoms with van der Waals surface area (Å²) in [5.74, 6) is -1.98. The summed E-state index contributed by atoms with van der Waals surface area (Å²) in [6.07, 6.45) is 7.62. The van der Waals surface area contributed by atoms with Crippen molar-refractivity contribution in [1.29, 1.82) is 0 Å². The predicted octanol–water partition coefficient (Wildman–Crippen LogP) is 3.33. The third-order valence-corrected chi connectivity index (χ3v) is 8.06. The highest BCUT2D eigenvalue weighted by Crippen LogP contribution is 2.36. The lowest BCUT2D eigenvalue weighted by molar-refractivity contribution is -0.582. The number of aliphatic hydroxyl groups is 2. The zero-order valence-corrected chi connectivity index (χ0v) is 22.7. The number of carboxylic acids is 1. The van der Waals surface area contributed by atoms with Gasteiger partial charge < -0.3 is 29.6 Å². The van der Waals surface area contributed by atoms with Crippen LogP contribution in [0.3, 0.4) is 0 Å². The number of ketones is 1. The Morgan fingerprint density at radius 2 is 1.86 bits per heavy atom. The van der Waals surface area contributed by atoms with Gasteiger partial charge in [-0.05, 0) is 54.8 Å². The number of quaternary nitrogens is 1. The molecule has 0 spiro atoms. The molecular formula is C31H31N4O7+. The first-order chi connectivity index (χ1) is 20.3. The van der Waals surface area contributed by atoms with Gasteiger partial charge in [0.2, 0.25) is 5.78 Å². The number of nitrogens with two attached hydrogens (primary N) is 1. The van der Waals surface area contributed by atoms with Gasteiger partial charge >= 0.3 is 11.9 Å². The van der Waals surface area contributed by atoms with Gasteiger partial charge in [0.1, 0.15) is 12.1 Å². The van der Waals surface area contributed by atoms with E-state index in [9.17, 15) is 29.7 Å². The second-order valence-corrected chi connectivity index (χ2v) is 10.8. The zero-order valence-electron chi connectivity index (χ0n) is 22.7. The number of anilines is 1. The number of fused-ring (bicyclic) bond motifs is 1. The molecule has 1 unspecified atom stereocenters. The molecule has 6 N–H and O–H groups in total. The van der Waals surface area contributed by atoms with E-state index in [0.29, 0.717) is 28.4 Å². The van der Waals surface area contributed by atoms with Crippen LogP contribution in [0.25, 0.3) is 22.4 Å². The monoisotopic (exact) mass is 571 g/mol. The van der Waals surface area contributed by atoms with Crippen LogP contribution in [0.2, 0.25) is 0 Å². The zero-order chi connectivity index (χ0) is 29.4. The number of rotatable bonds is 9. The van der Waals surface area contributed by atoms with E-state index in [0.717, 1.165) is 42.6 Å². The van der Waals surface area contributed by atoms with Crippen molar-refractivity contribution < 1.29 is 39.4 Å². The Morgan fingerprint density at radius 1 is 1.10 bits per heavy atom. The average molecular weight is 572 g/mol. The summed E-state index contributed by atoms with van der Waals surface area (Å²) in [7, 11) is 0. The summed E-state index contributed by atoms with van der Waals surface area (Å²) in [5, 5.41) is 33.1. The number of primary amides is 1. The summed E-state index contributed by atoms with van der Waals surface area (Å²) in [6.45, 7) is 0. The molecule has 2 atom stereocenters. The highest BCUT2D eigenvalue weighted by Gasteiger charge is 2.38. The minimum absolute atomic E-state index is 0.0209. The molecule has 2 heterocycles. The first kappa shape index (κ1) is 27.4. The number of benzene rings is 2. The van der Waals surface area contributed by atoms with Crippen molar-refractivity contribution in [2.75, 3.05) is 5.32 Å². The number of Topliss-reactive ketones (excluding diaryl/α,β-unsaturated/α-hetero) is 1. The van der Waals surface area contributed by atoms with Crippen LogP contribution in [0.5, 0.6) is 0 Å². The number of carbonyl (C=O) groups excluding carboxylic acids is 2. The highest BCUT2D eigenvalue weighted by atomic mass is 16.4. The van der Waals surface area contributed by atoms with Gasteiger partial charge in [-0.15, -0.1) is 0 Å². The number of aromatic nitrogens is 2. The highest BCUT2D eigenvalue weighted by molar-refractivity contribution is 6.07. The Hall–Kier alpha value is -4.74. The first-order valence-corrected chi connectivity index (χ1v) is 14.0. The number of nitrogens with zero attached hydrogens (tertiary/aromatic N) is 2. The molecule has 6 rings (SSSR count). The van der Waals surface area contributed by atoms with Crippen molar-refractivity contribution in [3.63, 3.8) is 0 Å². The number of imidazole rings is 1. The SMILES string of the molecule is O=C([NH2+][C@@H](Cc1ccc(NC2=C(O)C(=O)C2O)cc1)C(=O)O)c1ccc2c(c1)nc(-c1ccoc1)n2C1CCCCC1. The van der Waals surface area contributed by atoms with Crippen molar-refractivity contribution in [2.24, 2.45) is 0 Å². The number of carbonyl (C=O) groups is 3. The quantitative estimate of drug-likeness (QED) is 0.202. The van der Waals surface area contributed by atoms with Crippen molar-refractivity contribution in [3.05, 3.63) is 83.6 Å². The molecule has 4 aromatic rings. The summed E-state index contributed by atoms with van der Waals surface area (Å²) in [6, 6.07) is 13.1. The van der Waals surface area contributed by atoms with Crippen molar-refractivity contribution in [3.8, 4) is 11.4 Å². The van der Waals surface area contributed by atoms with Gasteiger partial charge in [-0.3, -0.25) is 10.1 Å². The van der Waals surface area contributed by atoms with E-state index in [2.05, 4.69) is 9.88 Å². The Morgan fingerprint density at radius 3 is 2.52 bits per heavy atom. The standard InChI is InChI=1S/C31H30N4O7/c36-26-25(27(37)28(26)38)32-20-9-6-17(7-10-20)14-23(31(40)41)34-30(39)18-8-11-24-22(15-18)33-29(19-12-13-42-16-19)35(24)21-4-2-1-3-5-21/h6-13,15-16,21,23,26,32,36-37H,1-5,14H2,(H,34,39)(H,40,41)/p+1/t23-,26?/m0/s1. The fourth-order valence-electron chi connectivity index (χ4n) is 5.76. The minimum atomic E-state index is -1.39. The topological polar surface area (TPSA) is 172 Å². The van der Waals surface area contributed by atoms with Gasteiger partial charge in [0, 0.05) is 18.2 Å². The van der Waals surface area contributed by atoms with Crippen molar-refractivity contribution in [2.45, 2.75) is 56.7 Å². The normalized spacial score (nSPS) is 18.2. The Bertz CT molecular complexity index is 1680. The van der Waals surface area contributed by atoms with Crippen LogP contribution in [0.4, 0.5) is 5.69 Å². The number of hydrogen-bond donors (Lipinski definition) is 5. The maximum atomic E-state index is 13.3. The largest absolute Gasteiger partial charge is 0.503 e. The molecule has 1 saturated carbocycles. The molecule has 1 fully saturated rings. The smallest absolute Gasteiger partial charge is 0.363 e. The van der Waals surface area contributed by atoms with Gasteiger partial charge in [-0.1, -0.05) is 31.4 Å².